The van der Waals surface area contributed by atoms with Crippen molar-refractivity contribution >= 4 is 34.6 Å². The van der Waals surface area contributed by atoms with Gasteiger partial charge in [-0.05, 0) is 48.6 Å². The number of carbonyl (C=O) groups excluding carboxylic acids is 1. The van der Waals surface area contributed by atoms with Crippen LogP contribution in [0.25, 0.3) is 6.08 Å². The highest BCUT2D eigenvalue weighted by Crippen LogP contribution is 2.34. The second-order valence-electron chi connectivity index (χ2n) is 5.95. The van der Waals surface area contributed by atoms with E-state index in [0.717, 1.165) is 28.3 Å². The van der Waals surface area contributed by atoms with Crippen LogP contribution in [-0.2, 0) is 4.79 Å². The Morgan fingerprint density at radius 2 is 1.92 bits per heavy atom. The van der Waals surface area contributed by atoms with E-state index >= 15 is 0 Å². The zero-order valence-corrected chi connectivity index (χ0v) is 15.4. The maximum absolute atomic E-state index is 13.0. The number of benzene rings is 2. The van der Waals surface area contributed by atoms with Gasteiger partial charge in [-0.15, -0.1) is 0 Å². The van der Waals surface area contributed by atoms with Gasteiger partial charge in [0.25, 0.3) is 5.91 Å². The number of fused-ring (bicyclic) bond motifs is 1. The van der Waals surface area contributed by atoms with Crippen LogP contribution in [0.15, 0.2) is 53.2 Å². The van der Waals surface area contributed by atoms with Crippen LogP contribution < -0.4 is 14.4 Å². The first kappa shape index (κ1) is 16.7. The van der Waals surface area contributed by atoms with Crippen molar-refractivity contribution < 1.29 is 14.3 Å². The minimum absolute atomic E-state index is 0.123. The summed E-state index contributed by atoms with van der Waals surface area (Å²) >= 11 is 1.55. The SMILES string of the molecule is CCSC1=NC(=Cc2ccc3c(c2)OCO3)C(=O)N1c1ccc(C)cc1. The zero-order chi connectivity index (χ0) is 18.1. The third kappa shape index (κ3) is 3.08. The lowest BCUT2D eigenvalue weighted by Gasteiger charge is -2.17. The molecule has 26 heavy (non-hydrogen) atoms. The standard InChI is InChI=1S/C20H18N2O3S/c1-3-26-20-21-16(10-14-6-9-17-18(11-14)25-12-24-17)19(23)22(20)15-7-4-13(2)5-8-15/h4-11H,3,12H2,1-2H3. The molecule has 0 radical (unpaired) electrons. The van der Waals surface area contributed by atoms with E-state index in [0.29, 0.717) is 16.6 Å². The average molecular weight is 366 g/mol. The first-order valence-electron chi connectivity index (χ1n) is 8.39. The summed E-state index contributed by atoms with van der Waals surface area (Å²) in [7, 11) is 0. The molecule has 0 unspecified atom stereocenters. The van der Waals surface area contributed by atoms with Crippen molar-refractivity contribution in [3.8, 4) is 11.5 Å². The summed E-state index contributed by atoms with van der Waals surface area (Å²) in [4.78, 5) is 19.2. The molecule has 2 heterocycles. The van der Waals surface area contributed by atoms with Crippen molar-refractivity contribution in [3.05, 3.63) is 59.3 Å². The molecule has 0 spiro atoms. The molecule has 1 amide bonds. The first-order chi connectivity index (χ1) is 12.7. The van der Waals surface area contributed by atoms with E-state index in [1.165, 1.54) is 0 Å². The number of amidine groups is 1. The van der Waals surface area contributed by atoms with E-state index in [9.17, 15) is 4.79 Å². The summed E-state index contributed by atoms with van der Waals surface area (Å²) in [6, 6.07) is 13.5. The van der Waals surface area contributed by atoms with E-state index in [1.807, 2.05) is 56.3 Å². The van der Waals surface area contributed by atoms with Gasteiger partial charge < -0.3 is 9.47 Å². The highest BCUT2D eigenvalue weighted by atomic mass is 32.2. The van der Waals surface area contributed by atoms with Crippen molar-refractivity contribution in [3.63, 3.8) is 0 Å². The van der Waals surface area contributed by atoms with Crippen molar-refractivity contribution in [2.24, 2.45) is 4.99 Å². The number of thioether (sulfide) groups is 1. The predicted octanol–water partition coefficient (Wildman–Crippen LogP) is 4.22. The topological polar surface area (TPSA) is 51.1 Å². The molecule has 6 heteroatoms. The van der Waals surface area contributed by atoms with Gasteiger partial charge in [0.15, 0.2) is 16.7 Å². The minimum Gasteiger partial charge on any atom is -0.454 e. The van der Waals surface area contributed by atoms with E-state index in [4.69, 9.17) is 9.47 Å². The number of anilines is 1. The molecule has 0 N–H and O–H groups in total. The molecule has 0 bridgehead atoms. The minimum atomic E-state index is -0.123. The molecule has 0 saturated heterocycles. The van der Waals surface area contributed by atoms with Gasteiger partial charge in [0.1, 0.15) is 5.70 Å². The Balaban J connectivity index is 1.69. The van der Waals surface area contributed by atoms with Gasteiger partial charge in [-0.1, -0.05) is 42.4 Å². The molecular formula is C20H18N2O3S. The summed E-state index contributed by atoms with van der Waals surface area (Å²) in [5, 5.41) is 0.702. The maximum atomic E-state index is 13.0. The number of amides is 1. The Morgan fingerprint density at radius 3 is 2.69 bits per heavy atom. The fourth-order valence-electron chi connectivity index (χ4n) is 2.80. The summed E-state index contributed by atoms with van der Waals surface area (Å²) in [5.41, 5.74) is 3.25. The van der Waals surface area contributed by atoms with Crippen LogP contribution in [0, 0.1) is 6.92 Å². The highest BCUT2D eigenvalue weighted by molar-refractivity contribution is 8.14. The van der Waals surface area contributed by atoms with Gasteiger partial charge in [0.2, 0.25) is 6.79 Å². The predicted molar refractivity (Wildman–Crippen MR) is 105 cm³/mol. The molecule has 0 atom stereocenters. The van der Waals surface area contributed by atoms with Crippen molar-refractivity contribution in [1.82, 2.24) is 0 Å². The molecule has 132 valence electrons. The second-order valence-corrected chi connectivity index (χ2v) is 7.18. The second kappa shape index (κ2) is 6.88. The third-order valence-corrected chi connectivity index (χ3v) is 4.92. The van der Waals surface area contributed by atoms with Gasteiger partial charge >= 0.3 is 0 Å². The molecule has 4 rings (SSSR count). The van der Waals surface area contributed by atoms with Crippen LogP contribution in [0.2, 0.25) is 0 Å². The summed E-state index contributed by atoms with van der Waals surface area (Å²) in [5.74, 6) is 2.12. The van der Waals surface area contributed by atoms with Crippen molar-refractivity contribution in [2.75, 3.05) is 17.4 Å². The molecular weight excluding hydrogens is 348 g/mol. The molecule has 2 aliphatic rings. The molecule has 2 aromatic rings. The number of aliphatic imine (C=N–C) groups is 1. The van der Waals surface area contributed by atoms with Gasteiger partial charge in [-0.3, -0.25) is 9.69 Å². The first-order valence-corrected chi connectivity index (χ1v) is 9.38. The number of nitrogens with zero attached hydrogens (tertiary/aromatic N) is 2. The number of rotatable bonds is 3. The lowest BCUT2D eigenvalue weighted by Crippen LogP contribution is -2.30. The van der Waals surface area contributed by atoms with Crippen LogP contribution >= 0.6 is 11.8 Å². The van der Waals surface area contributed by atoms with E-state index in [2.05, 4.69) is 4.99 Å². The van der Waals surface area contributed by atoms with Crippen LogP contribution in [0.4, 0.5) is 5.69 Å². The Bertz CT molecular complexity index is 919. The largest absolute Gasteiger partial charge is 0.454 e. The summed E-state index contributed by atoms with van der Waals surface area (Å²) in [6.07, 6.45) is 1.79. The Hall–Kier alpha value is -2.73. The van der Waals surface area contributed by atoms with Crippen molar-refractivity contribution in [2.45, 2.75) is 13.8 Å². The van der Waals surface area contributed by atoms with Crippen LogP contribution in [0.1, 0.15) is 18.1 Å². The number of carbonyl (C=O) groups is 1. The third-order valence-electron chi connectivity index (χ3n) is 4.10. The number of aryl methyl sites for hydroxylation is 1. The quantitative estimate of drug-likeness (QED) is 0.763. The van der Waals surface area contributed by atoms with Crippen LogP contribution in [-0.4, -0.2) is 23.6 Å². The molecule has 2 aliphatic heterocycles. The normalized spacial score (nSPS) is 17.2. The van der Waals surface area contributed by atoms with Gasteiger partial charge in [-0.2, -0.15) is 0 Å². The molecule has 2 aromatic carbocycles. The monoisotopic (exact) mass is 366 g/mol. The lowest BCUT2D eigenvalue weighted by atomic mass is 10.1. The van der Waals surface area contributed by atoms with Crippen LogP contribution in [0.5, 0.6) is 11.5 Å². The smallest absolute Gasteiger partial charge is 0.283 e. The molecule has 0 aliphatic carbocycles. The summed E-state index contributed by atoms with van der Waals surface area (Å²) in [6.45, 7) is 4.30. The Labute approximate surface area is 156 Å². The van der Waals surface area contributed by atoms with Crippen molar-refractivity contribution in [1.29, 1.82) is 0 Å². The Morgan fingerprint density at radius 1 is 1.15 bits per heavy atom. The Kier molecular flexibility index (Phi) is 4.42. The number of hydrogen-bond donors (Lipinski definition) is 0. The fraction of sp³-hybridized carbons (Fsp3) is 0.200. The van der Waals surface area contributed by atoms with Gasteiger partial charge in [-0.25, -0.2) is 4.99 Å². The fourth-order valence-corrected chi connectivity index (χ4v) is 3.54. The number of ether oxygens (including phenoxy) is 2. The van der Waals surface area contributed by atoms with Crippen LogP contribution in [0.3, 0.4) is 0 Å². The lowest BCUT2D eigenvalue weighted by molar-refractivity contribution is -0.113. The van der Waals surface area contributed by atoms with E-state index < -0.39 is 0 Å². The molecule has 0 saturated carbocycles. The van der Waals surface area contributed by atoms with E-state index in [-0.39, 0.29) is 12.7 Å². The average Bonchev–Trinajstić information content (AvgIpc) is 3.21. The number of hydrogen-bond acceptors (Lipinski definition) is 5. The molecule has 0 aromatic heterocycles. The maximum Gasteiger partial charge on any atom is 0.283 e. The van der Waals surface area contributed by atoms with Gasteiger partial charge in [0.05, 0.1) is 5.69 Å². The molecule has 5 nitrogen and oxygen atoms in total. The van der Waals surface area contributed by atoms with Gasteiger partial charge in [0, 0.05) is 0 Å². The summed E-state index contributed by atoms with van der Waals surface area (Å²) < 4.78 is 10.7. The zero-order valence-electron chi connectivity index (χ0n) is 14.6. The van der Waals surface area contributed by atoms with E-state index in [1.54, 1.807) is 22.7 Å². The highest BCUT2D eigenvalue weighted by Gasteiger charge is 2.31. The molecule has 0 fully saturated rings.